The van der Waals surface area contributed by atoms with Gasteiger partial charge in [-0.3, -0.25) is 4.98 Å². The monoisotopic (exact) mass is 363 g/mol. The summed E-state index contributed by atoms with van der Waals surface area (Å²) in [5.41, 5.74) is 0.443. The lowest BCUT2D eigenvalue weighted by Crippen LogP contribution is -2.08. The minimum absolute atomic E-state index is 0.00968. The van der Waals surface area contributed by atoms with Gasteiger partial charge in [0.25, 0.3) is 0 Å². The molecule has 6 heteroatoms. The summed E-state index contributed by atoms with van der Waals surface area (Å²) in [6.07, 6.45) is -2.40. The smallest absolute Gasteiger partial charge is 0.261 e. The summed E-state index contributed by atoms with van der Waals surface area (Å²) < 4.78 is 38.5. The molecule has 0 aliphatic heterocycles. The van der Waals surface area contributed by atoms with E-state index >= 15 is 0 Å². The zero-order valence-electron chi connectivity index (χ0n) is 10.2. The van der Waals surface area contributed by atoms with Gasteiger partial charge in [-0.1, -0.05) is 28.1 Å². The third kappa shape index (κ3) is 3.73. The van der Waals surface area contributed by atoms with Gasteiger partial charge in [-0.15, -0.1) is 11.6 Å². The van der Waals surface area contributed by atoms with Crippen LogP contribution in [0.25, 0.3) is 0 Å². The highest BCUT2D eigenvalue weighted by Gasteiger charge is 2.33. The van der Waals surface area contributed by atoms with Crippen molar-refractivity contribution in [2.75, 3.05) is 0 Å². The summed E-state index contributed by atoms with van der Waals surface area (Å²) in [6.45, 7) is 0. The molecule has 106 valence electrons. The van der Waals surface area contributed by atoms with E-state index in [9.17, 15) is 13.2 Å². The first-order valence-electron chi connectivity index (χ1n) is 5.78. The van der Waals surface area contributed by atoms with Gasteiger partial charge in [0.05, 0.1) is 10.9 Å². The van der Waals surface area contributed by atoms with Crippen molar-refractivity contribution in [2.45, 2.75) is 18.0 Å². The van der Waals surface area contributed by atoms with E-state index < -0.39 is 17.1 Å². The molecule has 0 bridgehead atoms. The largest absolute Gasteiger partial charge is 0.417 e. The number of aromatic nitrogens is 1. The lowest BCUT2D eigenvalue weighted by Gasteiger charge is -2.14. The van der Waals surface area contributed by atoms with E-state index in [1.54, 1.807) is 24.4 Å². The predicted octanol–water partition coefficient (Wildman–Crippen LogP) is 5.39. The van der Waals surface area contributed by atoms with Crippen molar-refractivity contribution in [3.8, 4) is 0 Å². The van der Waals surface area contributed by atoms with Crippen LogP contribution in [-0.2, 0) is 12.6 Å². The fraction of sp³-hybridized carbons (Fsp3) is 0.214. The van der Waals surface area contributed by atoms with E-state index in [-0.39, 0.29) is 4.47 Å². The molecule has 1 heterocycles. The van der Waals surface area contributed by atoms with Crippen LogP contribution in [0, 0.1) is 0 Å². The molecular formula is C14H10BrClF3N. The van der Waals surface area contributed by atoms with E-state index in [0.717, 1.165) is 11.8 Å². The Labute approximate surface area is 127 Å². The maximum absolute atomic E-state index is 12.8. The Bertz CT molecular complexity index is 587. The Morgan fingerprint density at radius 3 is 2.55 bits per heavy atom. The third-order valence-electron chi connectivity index (χ3n) is 2.77. The van der Waals surface area contributed by atoms with Crippen molar-refractivity contribution in [1.29, 1.82) is 0 Å². The van der Waals surface area contributed by atoms with Gasteiger partial charge in [0.15, 0.2) is 0 Å². The Balaban J connectivity index is 2.25. The SMILES string of the molecule is FC(F)(F)c1cc(C(Cl)Cc2ccccn2)ccc1Br. The van der Waals surface area contributed by atoms with E-state index in [4.69, 9.17) is 11.6 Å². The van der Waals surface area contributed by atoms with Crippen molar-refractivity contribution >= 4 is 27.5 Å². The van der Waals surface area contributed by atoms with Gasteiger partial charge < -0.3 is 0 Å². The average Bonchev–Trinajstić information content (AvgIpc) is 2.39. The van der Waals surface area contributed by atoms with Crippen molar-refractivity contribution in [1.82, 2.24) is 4.98 Å². The lowest BCUT2D eigenvalue weighted by atomic mass is 10.0. The number of hydrogen-bond acceptors (Lipinski definition) is 1. The van der Waals surface area contributed by atoms with E-state index in [1.165, 1.54) is 6.07 Å². The molecule has 2 aromatic rings. The maximum atomic E-state index is 12.8. The Morgan fingerprint density at radius 1 is 1.20 bits per heavy atom. The molecule has 2 rings (SSSR count). The van der Waals surface area contributed by atoms with E-state index in [1.807, 2.05) is 6.07 Å². The summed E-state index contributed by atoms with van der Waals surface area (Å²) in [4.78, 5) is 4.12. The summed E-state index contributed by atoms with van der Waals surface area (Å²) in [5.74, 6) is 0. The van der Waals surface area contributed by atoms with Gasteiger partial charge in [0.1, 0.15) is 0 Å². The van der Waals surface area contributed by atoms with Crippen molar-refractivity contribution < 1.29 is 13.2 Å². The summed E-state index contributed by atoms with van der Waals surface area (Å²) in [7, 11) is 0. The topological polar surface area (TPSA) is 12.9 Å². The molecule has 0 aliphatic carbocycles. The highest BCUT2D eigenvalue weighted by molar-refractivity contribution is 9.10. The van der Waals surface area contributed by atoms with Gasteiger partial charge in [0.2, 0.25) is 0 Å². The molecule has 1 unspecified atom stereocenters. The standard InChI is InChI=1S/C14H10BrClF3N/c15-12-5-4-9(7-11(12)14(17,18)19)13(16)8-10-3-1-2-6-20-10/h1-7,13H,8H2. The highest BCUT2D eigenvalue weighted by atomic mass is 79.9. The second-order valence-electron chi connectivity index (χ2n) is 4.23. The molecule has 0 saturated carbocycles. The Morgan fingerprint density at radius 2 is 1.95 bits per heavy atom. The third-order valence-corrected chi connectivity index (χ3v) is 3.87. The number of nitrogens with zero attached hydrogens (tertiary/aromatic N) is 1. The van der Waals surface area contributed by atoms with Gasteiger partial charge in [0, 0.05) is 22.8 Å². The molecule has 20 heavy (non-hydrogen) atoms. The molecular weight excluding hydrogens is 355 g/mol. The van der Waals surface area contributed by atoms with E-state index in [0.29, 0.717) is 12.0 Å². The number of rotatable bonds is 3. The number of alkyl halides is 4. The fourth-order valence-corrected chi connectivity index (χ4v) is 2.54. The second kappa shape index (κ2) is 6.14. The van der Waals surface area contributed by atoms with Crippen molar-refractivity contribution in [3.05, 3.63) is 63.9 Å². The van der Waals surface area contributed by atoms with Crippen LogP contribution in [0.5, 0.6) is 0 Å². The van der Waals surface area contributed by atoms with Crippen LogP contribution in [0.3, 0.4) is 0 Å². The summed E-state index contributed by atoms with van der Waals surface area (Å²) in [6, 6.07) is 9.40. The van der Waals surface area contributed by atoms with Crippen LogP contribution in [0.4, 0.5) is 13.2 Å². The van der Waals surface area contributed by atoms with Crippen LogP contribution < -0.4 is 0 Å². The molecule has 0 spiro atoms. The number of hydrogen-bond donors (Lipinski definition) is 0. The highest BCUT2D eigenvalue weighted by Crippen LogP contribution is 2.37. The second-order valence-corrected chi connectivity index (χ2v) is 5.61. The van der Waals surface area contributed by atoms with Crippen LogP contribution in [0.2, 0.25) is 0 Å². The lowest BCUT2D eigenvalue weighted by molar-refractivity contribution is -0.138. The Kier molecular flexibility index (Phi) is 4.70. The molecule has 1 aromatic carbocycles. The first-order chi connectivity index (χ1) is 9.38. The first-order valence-corrected chi connectivity index (χ1v) is 7.01. The number of benzene rings is 1. The number of halogens is 5. The first kappa shape index (κ1) is 15.3. The zero-order valence-corrected chi connectivity index (χ0v) is 12.5. The average molecular weight is 365 g/mol. The molecule has 0 aliphatic rings. The fourth-order valence-electron chi connectivity index (χ4n) is 1.78. The molecule has 1 aromatic heterocycles. The molecule has 1 nitrogen and oxygen atoms in total. The van der Waals surface area contributed by atoms with Crippen LogP contribution in [0.1, 0.15) is 22.2 Å². The van der Waals surface area contributed by atoms with Gasteiger partial charge in [-0.2, -0.15) is 13.2 Å². The van der Waals surface area contributed by atoms with Crippen LogP contribution >= 0.6 is 27.5 Å². The van der Waals surface area contributed by atoms with Crippen LogP contribution in [-0.4, -0.2) is 4.98 Å². The van der Waals surface area contributed by atoms with Gasteiger partial charge >= 0.3 is 6.18 Å². The summed E-state index contributed by atoms with van der Waals surface area (Å²) in [5, 5.41) is -0.556. The predicted molar refractivity (Wildman–Crippen MR) is 75.7 cm³/mol. The van der Waals surface area contributed by atoms with Crippen LogP contribution in [0.15, 0.2) is 47.1 Å². The Hall–Kier alpha value is -1.07. The van der Waals surface area contributed by atoms with E-state index in [2.05, 4.69) is 20.9 Å². The molecule has 0 N–H and O–H groups in total. The zero-order chi connectivity index (χ0) is 14.8. The van der Waals surface area contributed by atoms with Crippen molar-refractivity contribution in [2.24, 2.45) is 0 Å². The molecule has 0 amide bonds. The molecule has 0 saturated heterocycles. The number of pyridine rings is 1. The normalized spacial score (nSPS) is 13.2. The minimum atomic E-state index is -4.41. The summed E-state index contributed by atoms with van der Waals surface area (Å²) >= 11 is 9.10. The molecule has 0 radical (unpaired) electrons. The van der Waals surface area contributed by atoms with Gasteiger partial charge in [-0.25, -0.2) is 0 Å². The minimum Gasteiger partial charge on any atom is -0.261 e. The maximum Gasteiger partial charge on any atom is 0.417 e. The molecule has 0 fully saturated rings. The van der Waals surface area contributed by atoms with Crippen molar-refractivity contribution in [3.63, 3.8) is 0 Å². The molecule has 1 atom stereocenters. The quantitative estimate of drug-likeness (QED) is 0.666. The van der Waals surface area contributed by atoms with Gasteiger partial charge in [-0.05, 0) is 29.8 Å².